The van der Waals surface area contributed by atoms with Gasteiger partial charge in [-0.15, -0.1) is 0 Å². The minimum absolute atomic E-state index is 0.700. The fourth-order valence-electron chi connectivity index (χ4n) is 9.67. The molecule has 11 rings (SSSR count). The van der Waals surface area contributed by atoms with E-state index in [0.717, 1.165) is 67.7 Å². The van der Waals surface area contributed by atoms with E-state index in [1.54, 1.807) is 0 Å². The molecule has 1 aliphatic heterocycles. The van der Waals surface area contributed by atoms with Crippen molar-refractivity contribution in [3.05, 3.63) is 251 Å². The molecule has 0 aromatic heterocycles. The highest BCUT2D eigenvalue weighted by Gasteiger charge is 2.48. The Kier molecular flexibility index (Phi) is 9.24. The molecule has 2 aliphatic rings. The van der Waals surface area contributed by atoms with E-state index in [0.29, 0.717) is 17.2 Å². The summed E-state index contributed by atoms with van der Waals surface area (Å²) in [6, 6.07) is 74.5. The molecule has 9 aromatic rings. The third-order valence-corrected chi connectivity index (χ3v) is 12.6. The molecule has 0 saturated carbocycles. The number of rotatable bonds is 8. The molecule has 0 atom stereocenters. The third-order valence-electron chi connectivity index (χ3n) is 12.6. The van der Waals surface area contributed by atoms with Crippen molar-refractivity contribution >= 4 is 34.1 Å². The van der Waals surface area contributed by atoms with Gasteiger partial charge in [0.25, 0.3) is 0 Å². The number of hydrogen-bond acceptors (Lipinski definition) is 4. The Morgan fingerprint density at radius 3 is 1.30 bits per heavy atom. The molecule has 0 saturated heterocycles. The number of ether oxygens (including phenoxy) is 2. The van der Waals surface area contributed by atoms with Crippen LogP contribution in [0, 0.1) is 27.7 Å². The smallest absolute Gasteiger partial charge is 0.178 e. The molecule has 63 heavy (non-hydrogen) atoms. The highest BCUT2D eigenvalue weighted by molar-refractivity contribution is 5.92. The third kappa shape index (κ3) is 6.45. The summed E-state index contributed by atoms with van der Waals surface area (Å²) in [4.78, 5) is 4.69. The van der Waals surface area contributed by atoms with Crippen LogP contribution in [0.2, 0.25) is 0 Å². The molecule has 9 aromatic carbocycles. The predicted molar refractivity (Wildman–Crippen MR) is 259 cm³/mol. The minimum Gasteiger partial charge on any atom is -0.449 e. The van der Waals surface area contributed by atoms with Crippen LogP contribution in [-0.4, -0.2) is 0 Å². The van der Waals surface area contributed by atoms with Crippen LogP contribution in [0.1, 0.15) is 44.5 Å². The van der Waals surface area contributed by atoms with Crippen molar-refractivity contribution in [1.82, 2.24) is 0 Å². The Morgan fingerprint density at radius 1 is 0.333 bits per heavy atom. The van der Waals surface area contributed by atoms with E-state index in [1.807, 2.05) is 24.3 Å². The number of aryl methyl sites for hydroxylation is 4. The molecule has 0 bridgehead atoms. The summed E-state index contributed by atoms with van der Waals surface area (Å²) in [6.07, 6.45) is 0. The summed E-state index contributed by atoms with van der Waals surface area (Å²) in [7, 11) is 0. The topological polar surface area (TPSA) is 24.9 Å². The Hall–Kier alpha value is -7.82. The minimum atomic E-state index is -0.700. The lowest BCUT2D eigenvalue weighted by Crippen LogP contribution is -2.29. The second kappa shape index (κ2) is 15.3. The van der Waals surface area contributed by atoms with E-state index >= 15 is 0 Å². The quantitative estimate of drug-likeness (QED) is 0.153. The van der Waals surface area contributed by atoms with E-state index in [9.17, 15) is 0 Å². The zero-order chi connectivity index (χ0) is 42.7. The molecule has 4 heteroatoms. The first-order chi connectivity index (χ1) is 30.8. The molecule has 0 unspecified atom stereocenters. The molecular weight excluding hydrogens is 769 g/mol. The van der Waals surface area contributed by atoms with Crippen LogP contribution in [0.3, 0.4) is 0 Å². The van der Waals surface area contributed by atoms with Crippen LogP contribution in [0.15, 0.2) is 206 Å². The van der Waals surface area contributed by atoms with Gasteiger partial charge in [0.15, 0.2) is 23.0 Å². The van der Waals surface area contributed by atoms with E-state index in [4.69, 9.17) is 9.47 Å². The first-order valence-electron chi connectivity index (χ1n) is 21.7. The zero-order valence-electron chi connectivity index (χ0n) is 35.8. The van der Waals surface area contributed by atoms with Gasteiger partial charge in [-0.25, -0.2) is 0 Å². The average Bonchev–Trinajstić information content (AvgIpc) is 3.62. The lowest BCUT2D eigenvalue weighted by molar-refractivity contribution is 0.360. The highest BCUT2D eigenvalue weighted by Crippen LogP contribution is 2.62. The van der Waals surface area contributed by atoms with Crippen molar-refractivity contribution in [3.8, 4) is 34.1 Å². The van der Waals surface area contributed by atoms with Crippen molar-refractivity contribution < 1.29 is 9.47 Å². The fourth-order valence-corrected chi connectivity index (χ4v) is 9.67. The number of benzene rings is 9. The van der Waals surface area contributed by atoms with Gasteiger partial charge in [-0.3, -0.25) is 0 Å². The van der Waals surface area contributed by atoms with Gasteiger partial charge in [-0.05, 0) is 158 Å². The van der Waals surface area contributed by atoms with E-state index < -0.39 is 5.41 Å². The van der Waals surface area contributed by atoms with Gasteiger partial charge in [0.1, 0.15) is 0 Å². The summed E-state index contributed by atoms with van der Waals surface area (Å²) < 4.78 is 13.4. The summed E-state index contributed by atoms with van der Waals surface area (Å²) in [6.45, 7) is 8.57. The number of para-hydroxylation sites is 2. The Labute approximate surface area is 369 Å². The summed E-state index contributed by atoms with van der Waals surface area (Å²) in [5.41, 5.74) is 17.6. The van der Waals surface area contributed by atoms with Crippen LogP contribution < -0.4 is 19.3 Å². The number of fused-ring (bicyclic) bond motifs is 6. The lowest BCUT2D eigenvalue weighted by atomic mass is 9.67. The van der Waals surface area contributed by atoms with Gasteiger partial charge >= 0.3 is 0 Å². The lowest BCUT2D eigenvalue weighted by Gasteiger charge is -2.35. The fraction of sp³-hybridized carbons (Fsp3) is 0.0847. The Morgan fingerprint density at radius 2 is 0.794 bits per heavy atom. The van der Waals surface area contributed by atoms with Gasteiger partial charge in [0.05, 0.1) is 5.41 Å². The SMILES string of the molecule is Cc1ccc(N(c2ccc(C3(c4ccc(N(c5ccc(C)cc5)c5cccc(C)c5)cc4)c4ccccc4-c4c3ccc3c4Oc4ccccc4O3)cc2)c2cccc(C)c2)cc1. The molecule has 4 nitrogen and oxygen atoms in total. The van der Waals surface area contributed by atoms with Crippen LogP contribution in [-0.2, 0) is 5.41 Å². The van der Waals surface area contributed by atoms with Gasteiger partial charge in [-0.2, -0.15) is 0 Å². The van der Waals surface area contributed by atoms with Crippen molar-refractivity contribution in [2.45, 2.75) is 33.1 Å². The van der Waals surface area contributed by atoms with E-state index in [2.05, 4.69) is 219 Å². The molecule has 0 N–H and O–H groups in total. The van der Waals surface area contributed by atoms with Gasteiger partial charge in [-0.1, -0.05) is 126 Å². The molecular formula is C59H46N2O2. The second-order valence-electron chi connectivity index (χ2n) is 16.9. The maximum absolute atomic E-state index is 6.84. The number of anilines is 6. The standard InChI is InChI=1S/C59H46N2O2/c1-39-19-27-45(28-20-39)60(49-13-9-11-41(3)37-49)47-31-23-43(24-32-47)59(44-25-33-48(34-26-44)61(46-29-21-40(2)22-30-46)50-14-10-12-42(4)38-50)52-16-6-5-15-51(52)57-53(59)35-36-56-58(57)63-55-18-8-7-17-54(55)62-56/h5-38H,1-4H3. The maximum Gasteiger partial charge on any atom is 0.178 e. The van der Waals surface area contributed by atoms with Crippen molar-refractivity contribution in [3.63, 3.8) is 0 Å². The first-order valence-corrected chi connectivity index (χ1v) is 21.7. The Balaban J connectivity index is 1.12. The van der Waals surface area contributed by atoms with Crippen molar-refractivity contribution in [2.75, 3.05) is 9.80 Å². The van der Waals surface area contributed by atoms with Gasteiger partial charge in [0, 0.05) is 39.7 Å². The van der Waals surface area contributed by atoms with Crippen molar-refractivity contribution in [1.29, 1.82) is 0 Å². The van der Waals surface area contributed by atoms with Crippen LogP contribution in [0.4, 0.5) is 34.1 Å². The Bertz CT molecular complexity index is 3010. The predicted octanol–water partition coefficient (Wildman–Crippen LogP) is 16.1. The van der Waals surface area contributed by atoms with Gasteiger partial charge in [0.2, 0.25) is 0 Å². The summed E-state index contributed by atoms with van der Waals surface area (Å²) in [5, 5.41) is 0. The molecule has 1 aliphatic carbocycles. The van der Waals surface area contributed by atoms with E-state index in [-0.39, 0.29) is 0 Å². The molecule has 0 radical (unpaired) electrons. The second-order valence-corrected chi connectivity index (χ2v) is 16.9. The summed E-state index contributed by atoms with van der Waals surface area (Å²) in [5.74, 6) is 2.88. The van der Waals surface area contributed by atoms with Gasteiger partial charge < -0.3 is 19.3 Å². The average molecular weight is 815 g/mol. The first kappa shape index (κ1) is 38.1. The molecule has 304 valence electrons. The van der Waals surface area contributed by atoms with Crippen LogP contribution in [0.25, 0.3) is 11.1 Å². The largest absolute Gasteiger partial charge is 0.449 e. The molecule has 0 fully saturated rings. The number of nitrogens with zero attached hydrogens (tertiary/aromatic N) is 2. The molecule has 0 amide bonds. The van der Waals surface area contributed by atoms with E-state index in [1.165, 1.54) is 27.8 Å². The molecule has 0 spiro atoms. The number of hydrogen-bond donors (Lipinski definition) is 0. The normalized spacial score (nSPS) is 12.8. The summed E-state index contributed by atoms with van der Waals surface area (Å²) >= 11 is 0. The highest BCUT2D eigenvalue weighted by atomic mass is 16.6. The monoisotopic (exact) mass is 814 g/mol. The van der Waals surface area contributed by atoms with Crippen LogP contribution >= 0.6 is 0 Å². The maximum atomic E-state index is 6.84. The van der Waals surface area contributed by atoms with Crippen molar-refractivity contribution in [2.24, 2.45) is 0 Å². The zero-order valence-corrected chi connectivity index (χ0v) is 35.8. The molecule has 1 heterocycles. The van der Waals surface area contributed by atoms with Crippen LogP contribution in [0.5, 0.6) is 23.0 Å².